The lowest BCUT2D eigenvalue weighted by Crippen LogP contribution is -2.45. The van der Waals surface area contributed by atoms with Crippen LogP contribution in [-0.2, 0) is 11.2 Å². The summed E-state index contributed by atoms with van der Waals surface area (Å²) in [5, 5.41) is 12.7. The first kappa shape index (κ1) is 23.0. The van der Waals surface area contributed by atoms with Crippen LogP contribution < -0.4 is 16.0 Å². The number of thiophene rings is 1. The van der Waals surface area contributed by atoms with Gasteiger partial charge in [0.15, 0.2) is 6.17 Å². The fraction of sp³-hybridized carbons (Fsp3) is 0.476. The molecule has 5 rings (SSSR count). The molecule has 4 heterocycles. The number of alkyl halides is 5. The van der Waals surface area contributed by atoms with Crippen LogP contribution in [0.2, 0.25) is 0 Å². The lowest BCUT2D eigenvalue weighted by molar-refractivity contribution is -0.127. The van der Waals surface area contributed by atoms with E-state index in [-0.39, 0.29) is 35.1 Å². The first-order chi connectivity index (χ1) is 16.2. The van der Waals surface area contributed by atoms with Gasteiger partial charge in [-0.1, -0.05) is 17.3 Å². The monoisotopic (exact) mass is 501 g/mol. The fourth-order valence-corrected chi connectivity index (χ4v) is 5.51. The van der Waals surface area contributed by atoms with Crippen molar-refractivity contribution in [2.75, 3.05) is 18.4 Å². The number of aromatic nitrogens is 2. The third kappa shape index (κ3) is 4.45. The predicted octanol–water partition coefficient (Wildman–Crippen LogP) is 4.07. The molecule has 0 spiro atoms. The van der Waals surface area contributed by atoms with E-state index in [0.29, 0.717) is 28.7 Å². The average molecular weight is 501 g/mol. The van der Waals surface area contributed by atoms with Crippen molar-refractivity contribution in [3.8, 4) is 10.7 Å². The Morgan fingerprint density at radius 1 is 1.26 bits per heavy atom. The average Bonchev–Trinajstić information content (AvgIpc) is 3.47. The SMILES string of the molecule is O=C1N[C@@H](c2nc(-c3sc4c(NC5CCNC[C@@H]5F)cccc4c3CC(F)(F)F)no2)CC1F. The van der Waals surface area contributed by atoms with Gasteiger partial charge < -0.3 is 20.5 Å². The first-order valence-corrected chi connectivity index (χ1v) is 11.5. The largest absolute Gasteiger partial charge is 0.393 e. The maximum absolute atomic E-state index is 14.4. The van der Waals surface area contributed by atoms with Crippen LogP contribution in [0.25, 0.3) is 20.8 Å². The first-order valence-electron chi connectivity index (χ1n) is 10.7. The van der Waals surface area contributed by atoms with Gasteiger partial charge in [-0.2, -0.15) is 18.2 Å². The molecule has 0 radical (unpaired) electrons. The number of benzene rings is 1. The van der Waals surface area contributed by atoms with E-state index in [0.717, 1.165) is 11.3 Å². The van der Waals surface area contributed by atoms with Crippen LogP contribution in [0.1, 0.15) is 30.3 Å². The molecule has 2 unspecified atom stereocenters. The van der Waals surface area contributed by atoms with Crippen LogP contribution in [0.4, 0.5) is 27.6 Å². The summed E-state index contributed by atoms with van der Waals surface area (Å²) in [5.41, 5.74) is 0.503. The molecular formula is C21H20F5N5O2S. The molecule has 7 nitrogen and oxygen atoms in total. The van der Waals surface area contributed by atoms with Crippen molar-refractivity contribution in [2.45, 2.75) is 49.9 Å². The number of carbonyl (C=O) groups excluding carboxylic acids is 1. The molecule has 0 saturated carbocycles. The summed E-state index contributed by atoms with van der Waals surface area (Å²) in [6.45, 7) is 0.831. The van der Waals surface area contributed by atoms with Crippen LogP contribution in [0, 0.1) is 0 Å². The third-order valence-corrected chi connectivity index (χ3v) is 7.21. The Morgan fingerprint density at radius 2 is 2.09 bits per heavy atom. The standard InChI is InChI=1S/C21H20F5N5O2S/c22-11-6-15(29-19(11)32)20-30-18(31-33-20)17-10(7-21(24,25)26)9-2-1-3-14(16(9)34-17)28-13-4-5-27-8-12(13)23/h1-3,11-13,15,27-28H,4-8H2,(H,29,32)/t11?,12-,13?,15+/m0/s1. The quantitative estimate of drug-likeness (QED) is 0.457. The minimum atomic E-state index is -4.50. The second kappa shape index (κ2) is 8.77. The summed E-state index contributed by atoms with van der Waals surface area (Å²) >= 11 is 1.04. The highest BCUT2D eigenvalue weighted by molar-refractivity contribution is 7.23. The number of nitrogens with one attached hydrogen (secondary N) is 3. The Morgan fingerprint density at radius 3 is 2.79 bits per heavy atom. The van der Waals surface area contributed by atoms with E-state index in [1.54, 1.807) is 18.2 Å². The fourth-order valence-electron chi connectivity index (χ4n) is 4.29. The van der Waals surface area contributed by atoms with Gasteiger partial charge in [0.05, 0.1) is 27.7 Å². The number of nitrogens with zero attached hydrogens (tertiary/aromatic N) is 2. The smallest absolute Gasteiger partial charge is 0.378 e. The molecule has 2 aromatic heterocycles. The number of hydrogen-bond acceptors (Lipinski definition) is 7. The zero-order chi connectivity index (χ0) is 24.0. The lowest BCUT2D eigenvalue weighted by Gasteiger charge is -2.28. The highest BCUT2D eigenvalue weighted by atomic mass is 32.1. The molecule has 3 aromatic rings. The molecule has 2 fully saturated rings. The zero-order valence-electron chi connectivity index (χ0n) is 17.6. The van der Waals surface area contributed by atoms with Crippen molar-refractivity contribution in [1.29, 1.82) is 0 Å². The number of piperidine rings is 1. The summed E-state index contributed by atoms with van der Waals surface area (Å²) in [5.74, 6) is -0.959. The molecule has 2 aliphatic heterocycles. The Bertz CT molecular complexity index is 1210. The predicted molar refractivity (Wildman–Crippen MR) is 115 cm³/mol. The van der Waals surface area contributed by atoms with Gasteiger partial charge in [0.25, 0.3) is 5.91 Å². The van der Waals surface area contributed by atoms with Gasteiger partial charge in [-0.3, -0.25) is 4.79 Å². The molecule has 1 aromatic carbocycles. The molecule has 3 N–H and O–H groups in total. The van der Waals surface area contributed by atoms with Crippen molar-refractivity contribution in [2.24, 2.45) is 0 Å². The molecule has 0 aliphatic carbocycles. The van der Waals surface area contributed by atoms with Gasteiger partial charge >= 0.3 is 6.18 Å². The molecule has 2 aliphatic rings. The zero-order valence-corrected chi connectivity index (χ0v) is 18.4. The second-order valence-corrected chi connectivity index (χ2v) is 9.38. The highest BCUT2D eigenvalue weighted by Crippen LogP contribution is 2.44. The Hall–Kier alpha value is -2.80. The van der Waals surface area contributed by atoms with Gasteiger partial charge in [0.1, 0.15) is 12.2 Å². The van der Waals surface area contributed by atoms with Crippen molar-refractivity contribution >= 4 is 33.0 Å². The lowest BCUT2D eigenvalue weighted by atomic mass is 10.0. The minimum Gasteiger partial charge on any atom is -0.378 e. The molecule has 2 saturated heterocycles. The number of rotatable bonds is 5. The van der Waals surface area contributed by atoms with E-state index in [2.05, 4.69) is 26.1 Å². The number of anilines is 1. The van der Waals surface area contributed by atoms with Crippen LogP contribution in [0.5, 0.6) is 0 Å². The summed E-state index contributed by atoms with van der Waals surface area (Å²) in [7, 11) is 0. The summed E-state index contributed by atoms with van der Waals surface area (Å²) in [6, 6.07) is 3.57. The van der Waals surface area contributed by atoms with E-state index in [1.165, 1.54) is 0 Å². The summed E-state index contributed by atoms with van der Waals surface area (Å²) < 4.78 is 74.1. The van der Waals surface area contributed by atoms with Crippen LogP contribution in [0.15, 0.2) is 22.7 Å². The molecule has 182 valence electrons. The summed E-state index contributed by atoms with van der Waals surface area (Å²) in [4.78, 5) is 15.8. The number of halogens is 5. The van der Waals surface area contributed by atoms with Crippen molar-refractivity contribution < 1.29 is 31.3 Å². The summed E-state index contributed by atoms with van der Waals surface area (Å²) in [6.07, 6.45) is -8.24. The molecule has 13 heteroatoms. The second-order valence-electron chi connectivity index (χ2n) is 8.36. The maximum atomic E-state index is 14.4. The number of hydrogen-bond donors (Lipinski definition) is 3. The van der Waals surface area contributed by atoms with Gasteiger partial charge in [0, 0.05) is 13.0 Å². The molecule has 34 heavy (non-hydrogen) atoms. The van der Waals surface area contributed by atoms with Crippen LogP contribution in [0.3, 0.4) is 0 Å². The number of carbonyl (C=O) groups is 1. The number of fused-ring (bicyclic) bond motifs is 1. The maximum Gasteiger partial charge on any atom is 0.393 e. The Balaban J connectivity index is 1.54. The van der Waals surface area contributed by atoms with Crippen LogP contribution in [-0.4, -0.2) is 53.7 Å². The topological polar surface area (TPSA) is 92.1 Å². The highest BCUT2D eigenvalue weighted by Gasteiger charge is 2.37. The number of amides is 1. The van der Waals surface area contributed by atoms with Gasteiger partial charge in [-0.15, -0.1) is 11.3 Å². The molecule has 0 bridgehead atoms. The van der Waals surface area contributed by atoms with E-state index in [9.17, 15) is 26.7 Å². The van der Waals surface area contributed by atoms with E-state index < -0.39 is 42.9 Å². The Labute approximate surface area is 194 Å². The molecular weight excluding hydrogens is 481 g/mol. The van der Waals surface area contributed by atoms with Crippen LogP contribution >= 0.6 is 11.3 Å². The van der Waals surface area contributed by atoms with Crippen molar-refractivity contribution in [3.05, 3.63) is 29.7 Å². The van der Waals surface area contributed by atoms with E-state index in [4.69, 9.17) is 4.52 Å². The minimum absolute atomic E-state index is 0.0237. The normalized spacial score (nSPS) is 25.6. The van der Waals surface area contributed by atoms with Crippen molar-refractivity contribution in [3.63, 3.8) is 0 Å². The van der Waals surface area contributed by atoms with E-state index >= 15 is 0 Å². The Kier molecular flexibility index (Phi) is 5.92. The van der Waals surface area contributed by atoms with Gasteiger partial charge in [0.2, 0.25) is 11.7 Å². The van der Waals surface area contributed by atoms with E-state index in [1.807, 2.05) is 0 Å². The van der Waals surface area contributed by atoms with Gasteiger partial charge in [-0.05, 0) is 30.0 Å². The van der Waals surface area contributed by atoms with Crippen molar-refractivity contribution in [1.82, 2.24) is 20.8 Å². The van der Waals surface area contributed by atoms with Gasteiger partial charge in [-0.25, -0.2) is 8.78 Å². The third-order valence-electron chi connectivity index (χ3n) is 5.93. The molecule has 1 amide bonds. The molecule has 4 atom stereocenters.